The molecule has 0 unspecified atom stereocenters. The highest BCUT2D eigenvalue weighted by atomic mass is 35.5. The highest BCUT2D eigenvalue weighted by Crippen LogP contribution is 2.18. The molecule has 1 aromatic rings. The van der Waals surface area contributed by atoms with E-state index in [-0.39, 0.29) is 12.5 Å². The van der Waals surface area contributed by atoms with Gasteiger partial charge in [-0.05, 0) is 43.9 Å². The van der Waals surface area contributed by atoms with Gasteiger partial charge < -0.3 is 16.0 Å². The predicted octanol–water partition coefficient (Wildman–Crippen LogP) is 1.72. The molecule has 0 aromatic heterocycles. The Morgan fingerprint density at radius 3 is 2.86 bits per heavy atom. The van der Waals surface area contributed by atoms with Gasteiger partial charge >= 0.3 is 0 Å². The summed E-state index contributed by atoms with van der Waals surface area (Å²) in [6.07, 6.45) is 3.03. The van der Waals surface area contributed by atoms with Crippen LogP contribution in [0.4, 0.5) is 0 Å². The van der Waals surface area contributed by atoms with E-state index in [0.29, 0.717) is 12.0 Å². The van der Waals surface area contributed by atoms with Crippen LogP contribution in [0.1, 0.15) is 25.3 Å². The second kappa shape index (κ2) is 8.63. The van der Waals surface area contributed by atoms with E-state index in [9.17, 15) is 4.79 Å². The molecule has 5 nitrogen and oxygen atoms in total. The van der Waals surface area contributed by atoms with Gasteiger partial charge in [-0.2, -0.15) is 0 Å². The molecule has 0 saturated heterocycles. The maximum atomic E-state index is 11.6. The molecule has 120 valence electrons. The van der Waals surface area contributed by atoms with E-state index in [2.05, 4.69) is 20.9 Å². The maximum absolute atomic E-state index is 11.6. The molecular formula is C16H23ClN4O. The number of carbonyl (C=O) groups excluding carboxylic acids is 1. The van der Waals surface area contributed by atoms with Gasteiger partial charge in [0.2, 0.25) is 5.91 Å². The minimum absolute atomic E-state index is 0.0189. The number of amides is 1. The summed E-state index contributed by atoms with van der Waals surface area (Å²) in [6.45, 7) is 3.64. The minimum atomic E-state index is -0.0189. The van der Waals surface area contributed by atoms with Gasteiger partial charge in [-0.15, -0.1) is 0 Å². The Morgan fingerprint density at radius 1 is 1.36 bits per heavy atom. The third-order valence-electron chi connectivity index (χ3n) is 3.26. The summed E-state index contributed by atoms with van der Waals surface area (Å²) in [5.74, 6) is 0.644. The summed E-state index contributed by atoms with van der Waals surface area (Å²) in [5.41, 5.74) is 1.17. The van der Waals surface area contributed by atoms with Gasteiger partial charge in [-0.3, -0.25) is 4.79 Å². The van der Waals surface area contributed by atoms with Crippen molar-refractivity contribution >= 4 is 23.5 Å². The molecule has 1 aromatic carbocycles. The number of halogens is 1. The van der Waals surface area contributed by atoms with Crippen molar-refractivity contribution in [3.63, 3.8) is 0 Å². The zero-order valence-electron chi connectivity index (χ0n) is 12.9. The van der Waals surface area contributed by atoms with Crippen LogP contribution in [0.25, 0.3) is 0 Å². The lowest BCUT2D eigenvalue weighted by Gasteiger charge is -2.11. The third kappa shape index (κ3) is 6.35. The van der Waals surface area contributed by atoms with Gasteiger partial charge in [0.05, 0.1) is 0 Å². The molecule has 0 atom stereocenters. The average Bonchev–Trinajstić information content (AvgIpc) is 3.29. The predicted molar refractivity (Wildman–Crippen MR) is 90.3 cm³/mol. The Hall–Kier alpha value is -1.75. The Balaban J connectivity index is 1.76. The quantitative estimate of drug-likeness (QED) is 0.529. The monoisotopic (exact) mass is 322 g/mol. The summed E-state index contributed by atoms with van der Waals surface area (Å²) in [4.78, 5) is 15.9. The molecule has 0 spiro atoms. The van der Waals surface area contributed by atoms with Crippen LogP contribution in [-0.4, -0.2) is 37.5 Å². The number of aliphatic imine (C=N–C) groups is 1. The number of carbonyl (C=O) groups is 1. The molecule has 3 N–H and O–H groups in total. The molecule has 0 heterocycles. The molecular weight excluding hydrogens is 300 g/mol. The van der Waals surface area contributed by atoms with Gasteiger partial charge in [0, 0.05) is 24.2 Å². The maximum Gasteiger partial charge on any atom is 0.242 e. The first-order valence-electron chi connectivity index (χ1n) is 7.73. The number of benzene rings is 1. The molecule has 0 radical (unpaired) electrons. The van der Waals surface area contributed by atoms with Gasteiger partial charge in [0.25, 0.3) is 0 Å². The van der Waals surface area contributed by atoms with Gasteiger partial charge in [0.15, 0.2) is 5.96 Å². The zero-order chi connectivity index (χ0) is 15.8. The summed E-state index contributed by atoms with van der Waals surface area (Å²) in [6, 6.07) is 8.18. The standard InChI is InChI=1S/C16H23ClN4O/c1-2-18-16(20-11-15(22)21-14-6-7-14)19-9-8-12-4-3-5-13(17)10-12/h3-5,10,14H,2,6-9,11H2,1H3,(H,21,22)(H2,18,19,20). The van der Waals surface area contributed by atoms with Crippen molar-refractivity contribution in [1.82, 2.24) is 16.0 Å². The van der Waals surface area contributed by atoms with E-state index < -0.39 is 0 Å². The summed E-state index contributed by atoms with van der Waals surface area (Å²) in [7, 11) is 0. The lowest BCUT2D eigenvalue weighted by Crippen LogP contribution is -2.39. The number of rotatable bonds is 7. The fraction of sp³-hybridized carbons (Fsp3) is 0.500. The molecule has 2 rings (SSSR count). The minimum Gasteiger partial charge on any atom is -0.357 e. The summed E-state index contributed by atoms with van der Waals surface area (Å²) in [5, 5.41) is 10.0. The lowest BCUT2D eigenvalue weighted by atomic mass is 10.1. The van der Waals surface area contributed by atoms with Crippen LogP contribution in [0.2, 0.25) is 5.02 Å². The summed E-state index contributed by atoms with van der Waals surface area (Å²) >= 11 is 5.97. The van der Waals surface area contributed by atoms with Crippen LogP contribution in [0.3, 0.4) is 0 Å². The highest BCUT2D eigenvalue weighted by molar-refractivity contribution is 6.30. The van der Waals surface area contributed by atoms with E-state index in [1.807, 2.05) is 31.2 Å². The van der Waals surface area contributed by atoms with Crippen molar-refractivity contribution < 1.29 is 4.79 Å². The van der Waals surface area contributed by atoms with Crippen molar-refractivity contribution in [1.29, 1.82) is 0 Å². The molecule has 1 saturated carbocycles. The van der Waals surface area contributed by atoms with Crippen LogP contribution >= 0.6 is 11.6 Å². The molecule has 0 bridgehead atoms. The molecule has 22 heavy (non-hydrogen) atoms. The number of nitrogens with one attached hydrogen (secondary N) is 3. The fourth-order valence-electron chi connectivity index (χ4n) is 2.01. The van der Waals surface area contributed by atoms with E-state index >= 15 is 0 Å². The topological polar surface area (TPSA) is 65.5 Å². The van der Waals surface area contributed by atoms with Crippen LogP contribution in [0.15, 0.2) is 29.3 Å². The van der Waals surface area contributed by atoms with Crippen molar-refractivity contribution in [2.75, 3.05) is 19.6 Å². The highest BCUT2D eigenvalue weighted by Gasteiger charge is 2.22. The normalized spacial score (nSPS) is 14.5. The van der Waals surface area contributed by atoms with Gasteiger partial charge in [-0.25, -0.2) is 4.99 Å². The fourth-order valence-corrected chi connectivity index (χ4v) is 2.22. The SMILES string of the molecule is CCNC(=NCC(=O)NC1CC1)NCCc1cccc(Cl)c1. The molecule has 1 fully saturated rings. The van der Waals surface area contributed by atoms with E-state index in [0.717, 1.165) is 37.4 Å². The van der Waals surface area contributed by atoms with E-state index in [4.69, 9.17) is 11.6 Å². The third-order valence-corrected chi connectivity index (χ3v) is 3.50. The Kier molecular flexibility index (Phi) is 6.52. The number of nitrogens with zero attached hydrogens (tertiary/aromatic N) is 1. The van der Waals surface area contributed by atoms with Crippen molar-refractivity contribution in [2.24, 2.45) is 4.99 Å². The van der Waals surface area contributed by atoms with Crippen molar-refractivity contribution in [2.45, 2.75) is 32.2 Å². The molecule has 0 aliphatic heterocycles. The Morgan fingerprint density at radius 2 is 2.18 bits per heavy atom. The zero-order valence-corrected chi connectivity index (χ0v) is 13.6. The van der Waals surface area contributed by atoms with Crippen molar-refractivity contribution in [3.8, 4) is 0 Å². The largest absolute Gasteiger partial charge is 0.357 e. The van der Waals surface area contributed by atoms with Crippen LogP contribution in [-0.2, 0) is 11.2 Å². The molecule has 6 heteroatoms. The van der Waals surface area contributed by atoms with Crippen LogP contribution < -0.4 is 16.0 Å². The van der Waals surface area contributed by atoms with Crippen molar-refractivity contribution in [3.05, 3.63) is 34.9 Å². The first-order valence-corrected chi connectivity index (χ1v) is 8.11. The molecule has 1 amide bonds. The van der Waals surface area contributed by atoms with Gasteiger partial charge in [0.1, 0.15) is 6.54 Å². The van der Waals surface area contributed by atoms with Crippen LogP contribution in [0, 0.1) is 0 Å². The first kappa shape index (κ1) is 16.6. The lowest BCUT2D eigenvalue weighted by molar-refractivity contribution is -0.119. The smallest absolute Gasteiger partial charge is 0.242 e. The van der Waals surface area contributed by atoms with Gasteiger partial charge in [-0.1, -0.05) is 23.7 Å². The Bertz CT molecular complexity index is 529. The second-order valence-electron chi connectivity index (χ2n) is 5.34. The molecule has 1 aliphatic rings. The average molecular weight is 323 g/mol. The number of hydrogen-bond donors (Lipinski definition) is 3. The first-order chi connectivity index (χ1) is 10.7. The Labute approximate surface area is 136 Å². The second-order valence-corrected chi connectivity index (χ2v) is 5.78. The number of hydrogen-bond acceptors (Lipinski definition) is 2. The van der Waals surface area contributed by atoms with E-state index in [1.54, 1.807) is 0 Å². The number of guanidine groups is 1. The van der Waals surface area contributed by atoms with Crippen LogP contribution in [0.5, 0.6) is 0 Å². The van der Waals surface area contributed by atoms with E-state index in [1.165, 1.54) is 5.56 Å². The molecule has 1 aliphatic carbocycles. The summed E-state index contributed by atoms with van der Waals surface area (Å²) < 4.78 is 0.